The molecule has 0 bridgehead atoms. The van der Waals surface area contributed by atoms with E-state index in [0.717, 1.165) is 11.7 Å². The Balaban J connectivity index is 2.41. The van der Waals surface area contributed by atoms with Crippen LogP contribution in [0.3, 0.4) is 0 Å². The van der Waals surface area contributed by atoms with Crippen molar-refractivity contribution in [3.8, 4) is 0 Å². The zero-order valence-corrected chi connectivity index (χ0v) is 10.2. The molecule has 0 aliphatic carbocycles. The van der Waals surface area contributed by atoms with Crippen LogP contribution in [0.1, 0.15) is 5.56 Å². The number of hydrogen-bond donors (Lipinski definition) is 1. The summed E-state index contributed by atoms with van der Waals surface area (Å²) in [5.74, 6) is 0. The molecule has 3 nitrogen and oxygen atoms in total. The highest BCUT2D eigenvalue weighted by Gasteiger charge is 2.04. The highest BCUT2D eigenvalue weighted by molar-refractivity contribution is 7.80. The first-order chi connectivity index (χ1) is 7.11. The molecule has 15 heavy (non-hydrogen) atoms. The maximum atomic E-state index is 5.23. The highest BCUT2D eigenvalue weighted by atomic mass is 32.1. The van der Waals surface area contributed by atoms with E-state index in [1.165, 1.54) is 5.56 Å². The molecule has 0 radical (unpaired) electrons. The van der Waals surface area contributed by atoms with E-state index in [9.17, 15) is 0 Å². The van der Waals surface area contributed by atoms with Gasteiger partial charge in [0.1, 0.15) is 0 Å². The molecule has 0 aliphatic rings. The van der Waals surface area contributed by atoms with Crippen molar-refractivity contribution in [2.45, 2.75) is 6.54 Å². The van der Waals surface area contributed by atoms with Crippen LogP contribution in [0.2, 0.25) is 0 Å². The first-order valence-corrected chi connectivity index (χ1v) is 5.25. The van der Waals surface area contributed by atoms with Gasteiger partial charge in [0.2, 0.25) is 0 Å². The van der Waals surface area contributed by atoms with E-state index >= 15 is 0 Å². The maximum absolute atomic E-state index is 5.23. The Morgan fingerprint density at radius 2 is 1.80 bits per heavy atom. The summed E-state index contributed by atoms with van der Waals surface area (Å²) >= 11 is 5.23. The number of nitrogens with one attached hydrogen (secondary N) is 1. The lowest BCUT2D eigenvalue weighted by molar-refractivity contribution is 0.142. The van der Waals surface area contributed by atoms with Crippen LogP contribution in [0.15, 0.2) is 30.3 Å². The van der Waals surface area contributed by atoms with E-state index < -0.39 is 0 Å². The lowest BCUT2D eigenvalue weighted by atomic mass is 10.2. The average molecular weight is 223 g/mol. The summed E-state index contributed by atoms with van der Waals surface area (Å²) < 4.78 is 0. The summed E-state index contributed by atoms with van der Waals surface area (Å²) in [6, 6.07) is 10.2. The monoisotopic (exact) mass is 223 g/mol. The molecule has 1 N–H and O–H groups in total. The van der Waals surface area contributed by atoms with E-state index in [1.807, 2.05) is 49.4 Å². The molecule has 0 spiro atoms. The minimum Gasteiger partial charge on any atom is -0.357 e. The number of hydrazine groups is 1. The number of hydrogen-bond acceptors (Lipinski definition) is 2. The van der Waals surface area contributed by atoms with Crippen molar-refractivity contribution in [1.82, 2.24) is 15.3 Å². The molecule has 0 unspecified atom stereocenters. The van der Waals surface area contributed by atoms with Crippen LogP contribution in [0.5, 0.6) is 0 Å². The van der Waals surface area contributed by atoms with Gasteiger partial charge in [0.05, 0.1) is 0 Å². The van der Waals surface area contributed by atoms with E-state index in [4.69, 9.17) is 12.2 Å². The molecule has 82 valence electrons. The van der Waals surface area contributed by atoms with E-state index in [-0.39, 0.29) is 0 Å². The van der Waals surface area contributed by atoms with Gasteiger partial charge in [-0.25, -0.2) is 5.01 Å². The molecular formula is C11H17N3S. The summed E-state index contributed by atoms with van der Waals surface area (Å²) in [6.45, 7) is 0.762. The van der Waals surface area contributed by atoms with Crippen molar-refractivity contribution >= 4 is 17.3 Å². The molecule has 1 aromatic rings. The van der Waals surface area contributed by atoms with Crippen molar-refractivity contribution in [3.05, 3.63) is 35.9 Å². The first kappa shape index (κ1) is 11.9. The van der Waals surface area contributed by atoms with E-state index in [0.29, 0.717) is 0 Å². The molecule has 0 aliphatic heterocycles. The van der Waals surface area contributed by atoms with Crippen LogP contribution >= 0.6 is 12.2 Å². The van der Waals surface area contributed by atoms with Crippen molar-refractivity contribution in [2.75, 3.05) is 21.1 Å². The molecular weight excluding hydrogens is 206 g/mol. The Morgan fingerprint density at radius 3 is 2.33 bits per heavy atom. The van der Waals surface area contributed by atoms with Crippen LogP contribution in [0, 0.1) is 0 Å². The topological polar surface area (TPSA) is 18.5 Å². The van der Waals surface area contributed by atoms with Crippen LogP contribution in [0.4, 0.5) is 0 Å². The Bertz CT molecular complexity index is 311. The van der Waals surface area contributed by atoms with Gasteiger partial charge in [0.15, 0.2) is 5.11 Å². The molecule has 0 heterocycles. The molecule has 4 heteroatoms. The van der Waals surface area contributed by atoms with Gasteiger partial charge in [-0.1, -0.05) is 30.3 Å². The molecule has 0 atom stereocenters. The number of rotatable bonds is 3. The second-order valence-electron chi connectivity index (χ2n) is 3.52. The average Bonchev–Trinajstić information content (AvgIpc) is 2.26. The third kappa shape index (κ3) is 3.85. The standard InChI is InChI=1S/C11H17N3S/c1-13(2)14(3)11(15)12-9-10-7-5-4-6-8-10/h4-8H,9H2,1-3H3,(H,12,15). The van der Waals surface area contributed by atoms with Gasteiger partial charge in [-0.15, -0.1) is 0 Å². The van der Waals surface area contributed by atoms with Gasteiger partial charge in [-0.05, 0) is 17.8 Å². The number of nitrogens with zero attached hydrogens (tertiary/aromatic N) is 2. The largest absolute Gasteiger partial charge is 0.357 e. The smallest absolute Gasteiger partial charge is 0.183 e. The fourth-order valence-electron chi connectivity index (χ4n) is 1.07. The molecule has 0 saturated heterocycles. The second-order valence-corrected chi connectivity index (χ2v) is 3.90. The van der Waals surface area contributed by atoms with Gasteiger partial charge >= 0.3 is 0 Å². The number of thiocarbonyl (C=S) groups is 1. The van der Waals surface area contributed by atoms with E-state index in [2.05, 4.69) is 17.4 Å². The summed E-state index contributed by atoms with van der Waals surface area (Å²) in [4.78, 5) is 0. The van der Waals surface area contributed by atoms with E-state index in [1.54, 1.807) is 0 Å². The molecule has 0 fully saturated rings. The SMILES string of the molecule is CN(C)N(C)C(=S)NCc1ccccc1. The predicted octanol–water partition coefficient (Wildman–Crippen LogP) is 1.47. The normalized spacial score (nSPS) is 10.1. The van der Waals surface area contributed by atoms with Crippen molar-refractivity contribution in [1.29, 1.82) is 0 Å². The van der Waals surface area contributed by atoms with Gasteiger partial charge in [0, 0.05) is 27.7 Å². The molecule has 1 aromatic carbocycles. The van der Waals surface area contributed by atoms with Crippen molar-refractivity contribution in [2.24, 2.45) is 0 Å². The van der Waals surface area contributed by atoms with Crippen LogP contribution in [-0.2, 0) is 6.54 Å². The van der Waals surface area contributed by atoms with Crippen LogP contribution in [0.25, 0.3) is 0 Å². The quantitative estimate of drug-likeness (QED) is 0.617. The third-order valence-electron chi connectivity index (χ3n) is 2.18. The van der Waals surface area contributed by atoms with Crippen LogP contribution in [-0.4, -0.2) is 36.3 Å². The lowest BCUT2D eigenvalue weighted by Gasteiger charge is -2.27. The lowest BCUT2D eigenvalue weighted by Crippen LogP contribution is -2.44. The Hall–Kier alpha value is -1.13. The summed E-state index contributed by atoms with van der Waals surface area (Å²) in [7, 11) is 5.84. The van der Waals surface area contributed by atoms with Crippen LogP contribution < -0.4 is 5.32 Å². The third-order valence-corrected chi connectivity index (χ3v) is 2.59. The zero-order valence-electron chi connectivity index (χ0n) is 9.40. The first-order valence-electron chi connectivity index (χ1n) is 4.84. The predicted molar refractivity (Wildman–Crippen MR) is 67.3 cm³/mol. The molecule has 0 aromatic heterocycles. The van der Waals surface area contributed by atoms with Crippen molar-refractivity contribution in [3.63, 3.8) is 0 Å². The minimum atomic E-state index is 0.726. The van der Waals surface area contributed by atoms with Gasteiger partial charge in [-0.3, -0.25) is 5.01 Å². The zero-order chi connectivity index (χ0) is 11.3. The van der Waals surface area contributed by atoms with Crippen molar-refractivity contribution < 1.29 is 0 Å². The second kappa shape index (κ2) is 5.68. The Kier molecular flexibility index (Phi) is 4.52. The summed E-state index contributed by atoms with van der Waals surface area (Å²) in [5.41, 5.74) is 1.23. The fourth-order valence-corrected chi connectivity index (χ4v) is 1.31. The fraction of sp³-hybridized carbons (Fsp3) is 0.364. The van der Waals surface area contributed by atoms with Gasteiger partial charge < -0.3 is 5.32 Å². The summed E-state index contributed by atoms with van der Waals surface area (Å²) in [6.07, 6.45) is 0. The maximum Gasteiger partial charge on any atom is 0.183 e. The molecule has 0 saturated carbocycles. The minimum absolute atomic E-state index is 0.726. The summed E-state index contributed by atoms with van der Waals surface area (Å²) in [5, 5.41) is 7.74. The Morgan fingerprint density at radius 1 is 1.20 bits per heavy atom. The van der Waals surface area contributed by atoms with Gasteiger partial charge in [-0.2, -0.15) is 0 Å². The molecule has 1 rings (SSSR count). The Labute approximate surface area is 96.7 Å². The highest BCUT2D eigenvalue weighted by Crippen LogP contribution is 1.98. The molecule has 0 amide bonds. The van der Waals surface area contributed by atoms with Gasteiger partial charge in [0.25, 0.3) is 0 Å². The number of benzene rings is 1.